The Hall–Kier alpha value is -0.100. The maximum atomic E-state index is 12.4. The predicted molar refractivity (Wildman–Crippen MR) is 91.0 cm³/mol. The number of nitrogens with one attached hydrogen (secondary N) is 1. The summed E-state index contributed by atoms with van der Waals surface area (Å²) in [7, 11) is 0. The maximum Gasteiger partial charge on any atom is 0.252 e. The van der Waals surface area contributed by atoms with Crippen LogP contribution >= 0.6 is 38.5 Å². The van der Waals surface area contributed by atoms with Crippen LogP contribution in [0, 0.1) is 10.5 Å². The van der Waals surface area contributed by atoms with Gasteiger partial charge < -0.3 is 5.32 Å². The molecule has 2 unspecified atom stereocenters. The van der Waals surface area contributed by atoms with E-state index in [1.807, 2.05) is 25.1 Å². The Kier molecular flexibility index (Phi) is 5.69. The zero-order valence-corrected chi connectivity index (χ0v) is 14.8. The second-order valence-electron chi connectivity index (χ2n) is 5.17. The van der Waals surface area contributed by atoms with Gasteiger partial charge in [0.2, 0.25) is 0 Å². The van der Waals surface area contributed by atoms with Gasteiger partial charge >= 0.3 is 0 Å². The van der Waals surface area contributed by atoms with E-state index in [2.05, 4.69) is 43.8 Å². The van der Waals surface area contributed by atoms with Crippen LogP contribution in [-0.4, -0.2) is 16.8 Å². The molecule has 0 spiro atoms. The first-order chi connectivity index (χ1) is 9.09. The minimum Gasteiger partial charge on any atom is -0.348 e. The number of rotatable bonds is 2. The smallest absolute Gasteiger partial charge is 0.252 e. The van der Waals surface area contributed by atoms with E-state index in [9.17, 15) is 4.79 Å². The lowest BCUT2D eigenvalue weighted by atomic mass is 10.1. The van der Waals surface area contributed by atoms with E-state index < -0.39 is 0 Å². The Morgan fingerprint density at radius 1 is 1.32 bits per heavy atom. The zero-order chi connectivity index (χ0) is 13.8. The number of carbonyl (C=O) groups is 1. The highest BCUT2D eigenvalue weighted by Crippen LogP contribution is 2.24. The van der Waals surface area contributed by atoms with E-state index in [0.29, 0.717) is 4.83 Å². The monoisotopic (exact) mass is 435 g/mol. The highest BCUT2D eigenvalue weighted by atomic mass is 127. The molecule has 104 valence electrons. The molecule has 0 radical (unpaired) electrons. The third-order valence-electron chi connectivity index (χ3n) is 3.68. The summed E-state index contributed by atoms with van der Waals surface area (Å²) in [5.74, 6) is 0.0597. The topological polar surface area (TPSA) is 29.1 Å². The average molecular weight is 436 g/mol. The van der Waals surface area contributed by atoms with E-state index in [4.69, 9.17) is 0 Å². The van der Waals surface area contributed by atoms with Crippen LogP contribution in [0.4, 0.5) is 0 Å². The quantitative estimate of drug-likeness (QED) is 0.415. The summed E-state index contributed by atoms with van der Waals surface area (Å²) in [4.78, 5) is 12.8. The molecular weight excluding hydrogens is 417 g/mol. The first-order valence-electron chi connectivity index (χ1n) is 6.79. The molecule has 1 fully saturated rings. The molecule has 0 saturated heterocycles. The molecule has 1 aliphatic rings. The van der Waals surface area contributed by atoms with Gasteiger partial charge in [0.15, 0.2) is 0 Å². The van der Waals surface area contributed by atoms with Crippen molar-refractivity contribution in [2.75, 3.05) is 0 Å². The SMILES string of the molecule is Cc1cccc(C(=O)NC2CCCCCC2Br)c1I. The molecule has 0 aromatic heterocycles. The molecule has 2 nitrogen and oxygen atoms in total. The largest absolute Gasteiger partial charge is 0.348 e. The van der Waals surface area contributed by atoms with Crippen LogP contribution < -0.4 is 5.32 Å². The molecule has 2 atom stereocenters. The van der Waals surface area contributed by atoms with Gasteiger partial charge in [0.05, 0.1) is 5.56 Å². The second-order valence-corrected chi connectivity index (χ2v) is 7.43. The number of amides is 1. The summed E-state index contributed by atoms with van der Waals surface area (Å²) in [6, 6.07) is 6.15. The zero-order valence-electron chi connectivity index (χ0n) is 11.1. The highest BCUT2D eigenvalue weighted by Gasteiger charge is 2.24. The van der Waals surface area contributed by atoms with Crippen molar-refractivity contribution in [3.05, 3.63) is 32.9 Å². The number of hydrogen-bond acceptors (Lipinski definition) is 1. The molecule has 0 aliphatic heterocycles. The van der Waals surface area contributed by atoms with E-state index in [1.54, 1.807) is 0 Å². The van der Waals surface area contributed by atoms with Crippen LogP contribution in [0.15, 0.2) is 18.2 Å². The summed E-state index contributed by atoms with van der Waals surface area (Å²) >= 11 is 5.98. The van der Waals surface area contributed by atoms with Crippen molar-refractivity contribution in [3.8, 4) is 0 Å². The van der Waals surface area contributed by atoms with Crippen LogP contribution in [0.25, 0.3) is 0 Å². The van der Waals surface area contributed by atoms with Crippen molar-refractivity contribution in [3.63, 3.8) is 0 Å². The van der Waals surface area contributed by atoms with Gasteiger partial charge in [-0.1, -0.05) is 47.3 Å². The number of halogens is 2. The summed E-state index contributed by atoms with van der Waals surface area (Å²) in [5.41, 5.74) is 1.95. The van der Waals surface area contributed by atoms with E-state index >= 15 is 0 Å². The highest BCUT2D eigenvalue weighted by molar-refractivity contribution is 14.1. The van der Waals surface area contributed by atoms with Gasteiger partial charge in [0.1, 0.15) is 0 Å². The van der Waals surface area contributed by atoms with Gasteiger partial charge in [-0.15, -0.1) is 0 Å². The van der Waals surface area contributed by atoms with Crippen LogP contribution in [0.1, 0.15) is 48.0 Å². The Morgan fingerprint density at radius 2 is 2.05 bits per heavy atom. The van der Waals surface area contributed by atoms with E-state index in [-0.39, 0.29) is 11.9 Å². The van der Waals surface area contributed by atoms with Crippen molar-refractivity contribution in [2.45, 2.75) is 49.9 Å². The molecule has 0 bridgehead atoms. The molecule has 4 heteroatoms. The first-order valence-corrected chi connectivity index (χ1v) is 8.79. The molecule has 1 aromatic rings. The van der Waals surface area contributed by atoms with E-state index in [1.165, 1.54) is 19.3 Å². The van der Waals surface area contributed by atoms with Crippen molar-refractivity contribution < 1.29 is 4.79 Å². The number of alkyl halides is 1. The lowest BCUT2D eigenvalue weighted by Gasteiger charge is -2.22. The molecule has 0 heterocycles. The fraction of sp³-hybridized carbons (Fsp3) is 0.533. The lowest BCUT2D eigenvalue weighted by molar-refractivity contribution is 0.0934. The van der Waals surface area contributed by atoms with Crippen LogP contribution in [0.2, 0.25) is 0 Å². The van der Waals surface area contributed by atoms with Crippen LogP contribution in [0.5, 0.6) is 0 Å². The van der Waals surface area contributed by atoms with Crippen molar-refractivity contribution in [2.24, 2.45) is 0 Å². The molecule has 1 aromatic carbocycles. The predicted octanol–water partition coefficient (Wildman–Crippen LogP) is 4.43. The van der Waals surface area contributed by atoms with Gasteiger partial charge in [-0.3, -0.25) is 4.79 Å². The average Bonchev–Trinajstić information content (AvgIpc) is 2.58. The van der Waals surface area contributed by atoms with E-state index in [0.717, 1.165) is 27.5 Å². The Labute approximate surface area is 137 Å². The molecule has 1 saturated carbocycles. The molecule has 1 N–H and O–H groups in total. The van der Waals surface area contributed by atoms with Gasteiger partial charge in [0, 0.05) is 14.4 Å². The molecular formula is C15H19BrINO. The van der Waals surface area contributed by atoms with Gasteiger partial charge in [-0.2, -0.15) is 0 Å². The molecule has 2 rings (SSSR count). The minimum atomic E-state index is 0.0597. The Morgan fingerprint density at radius 3 is 2.84 bits per heavy atom. The summed E-state index contributed by atoms with van der Waals surface area (Å²) in [6.07, 6.45) is 5.96. The molecule has 1 aliphatic carbocycles. The van der Waals surface area contributed by atoms with Gasteiger partial charge in [-0.05, 0) is 54.0 Å². The first kappa shape index (κ1) is 15.3. The van der Waals surface area contributed by atoms with Crippen molar-refractivity contribution in [1.82, 2.24) is 5.32 Å². The van der Waals surface area contributed by atoms with Crippen molar-refractivity contribution in [1.29, 1.82) is 0 Å². The molecule has 19 heavy (non-hydrogen) atoms. The van der Waals surface area contributed by atoms with Crippen LogP contribution in [0.3, 0.4) is 0 Å². The standard InChI is InChI=1S/C15H19BrINO/c1-10-6-5-7-11(14(10)17)15(19)18-13-9-4-2-3-8-12(13)16/h5-7,12-13H,2-4,8-9H2,1H3,(H,18,19). The Balaban J connectivity index is 2.09. The van der Waals surface area contributed by atoms with Crippen molar-refractivity contribution >= 4 is 44.4 Å². The summed E-state index contributed by atoms with van der Waals surface area (Å²) in [6.45, 7) is 2.04. The third-order valence-corrected chi connectivity index (χ3v) is 6.21. The number of hydrogen-bond donors (Lipinski definition) is 1. The normalized spacial score (nSPS) is 23.7. The number of benzene rings is 1. The minimum absolute atomic E-state index is 0.0597. The fourth-order valence-electron chi connectivity index (χ4n) is 2.49. The third kappa shape index (κ3) is 3.94. The van der Waals surface area contributed by atoms with Gasteiger partial charge in [-0.25, -0.2) is 0 Å². The summed E-state index contributed by atoms with van der Waals surface area (Å²) in [5, 5.41) is 3.20. The number of carbonyl (C=O) groups excluding carboxylic acids is 1. The lowest BCUT2D eigenvalue weighted by Crippen LogP contribution is -2.40. The van der Waals surface area contributed by atoms with Gasteiger partial charge in [0.25, 0.3) is 5.91 Å². The second kappa shape index (κ2) is 7.07. The Bertz CT molecular complexity index is 463. The number of aryl methyl sites for hydroxylation is 1. The van der Waals surface area contributed by atoms with Crippen LogP contribution in [-0.2, 0) is 0 Å². The summed E-state index contributed by atoms with van der Waals surface area (Å²) < 4.78 is 1.05. The molecule has 1 amide bonds. The maximum absolute atomic E-state index is 12.4. The fourth-order valence-corrected chi connectivity index (χ4v) is 3.82.